The molecular formula is C36H70O4Zn. The molecule has 0 rings (SSSR count). The number of carboxylic acid groups (broad SMARTS) is 2. The van der Waals surface area contributed by atoms with Gasteiger partial charge in [-0.15, -0.1) is 0 Å². The summed E-state index contributed by atoms with van der Waals surface area (Å²) >= 11 is 0. The summed E-state index contributed by atoms with van der Waals surface area (Å²) in [6.45, 7) is 13.9. The first-order valence-corrected chi connectivity index (χ1v) is 17.2. The van der Waals surface area contributed by atoms with Crippen LogP contribution in [0.4, 0.5) is 0 Å². The molecule has 0 amide bonds. The molecular weight excluding hydrogens is 562 g/mol. The van der Waals surface area contributed by atoms with Gasteiger partial charge in [0.15, 0.2) is 0 Å². The first-order valence-electron chi connectivity index (χ1n) is 17.2. The molecule has 4 nitrogen and oxygen atoms in total. The SMILES string of the molecule is CC(C)(C)CCCCCCCCCCCCCC(=O)[O-].CC(C)(C)CCCCCCCCCCCCCC(=O)[O-].[Zn+2]. The van der Waals surface area contributed by atoms with E-state index in [0.29, 0.717) is 10.8 Å². The molecule has 0 aliphatic carbocycles. The van der Waals surface area contributed by atoms with Crippen LogP contribution in [0, 0.1) is 10.8 Å². The van der Waals surface area contributed by atoms with E-state index in [1.165, 1.54) is 128 Å². The molecule has 41 heavy (non-hydrogen) atoms. The minimum absolute atomic E-state index is 0. The molecule has 0 unspecified atom stereocenters. The van der Waals surface area contributed by atoms with Crippen molar-refractivity contribution in [1.29, 1.82) is 0 Å². The van der Waals surface area contributed by atoms with E-state index in [0.717, 1.165) is 25.7 Å². The minimum Gasteiger partial charge on any atom is -0.550 e. The van der Waals surface area contributed by atoms with Crippen LogP contribution < -0.4 is 10.2 Å². The maximum Gasteiger partial charge on any atom is 2.00 e. The smallest absolute Gasteiger partial charge is 0.550 e. The molecule has 0 aliphatic heterocycles. The average molecular weight is 632 g/mol. The summed E-state index contributed by atoms with van der Waals surface area (Å²) in [5.74, 6) is -1.81. The Balaban J connectivity index is -0.000000688. The van der Waals surface area contributed by atoms with Crippen molar-refractivity contribution < 1.29 is 39.3 Å². The van der Waals surface area contributed by atoms with Gasteiger partial charge in [0, 0.05) is 11.9 Å². The number of rotatable bonds is 26. The number of hydrogen-bond acceptors (Lipinski definition) is 4. The van der Waals surface area contributed by atoms with Crippen LogP contribution in [0.5, 0.6) is 0 Å². The zero-order valence-electron chi connectivity index (χ0n) is 28.7. The molecule has 5 heteroatoms. The molecule has 0 aromatic carbocycles. The van der Waals surface area contributed by atoms with Crippen LogP contribution >= 0.6 is 0 Å². The maximum atomic E-state index is 10.2. The van der Waals surface area contributed by atoms with Crippen molar-refractivity contribution in [2.24, 2.45) is 10.8 Å². The Morgan fingerprint density at radius 3 is 0.707 bits per heavy atom. The molecule has 0 saturated heterocycles. The second kappa shape index (κ2) is 31.0. The van der Waals surface area contributed by atoms with Crippen molar-refractivity contribution in [2.45, 2.75) is 208 Å². The monoisotopic (exact) mass is 630 g/mol. The van der Waals surface area contributed by atoms with E-state index < -0.39 is 11.9 Å². The van der Waals surface area contributed by atoms with Gasteiger partial charge in [-0.25, -0.2) is 0 Å². The van der Waals surface area contributed by atoms with Gasteiger partial charge in [-0.3, -0.25) is 0 Å². The molecule has 0 spiro atoms. The van der Waals surface area contributed by atoms with Crippen LogP contribution in [0.2, 0.25) is 0 Å². The van der Waals surface area contributed by atoms with Crippen LogP contribution in [0.25, 0.3) is 0 Å². The predicted octanol–water partition coefficient (Wildman–Crippen LogP) is 9.70. The topological polar surface area (TPSA) is 80.3 Å². The van der Waals surface area contributed by atoms with E-state index in [1.807, 2.05) is 0 Å². The molecule has 0 aromatic heterocycles. The first kappa shape index (κ1) is 45.0. The second-order valence-corrected chi connectivity index (χ2v) is 14.6. The van der Waals surface area contributed by atoms with E-state index in [2.05, 4.69) is 41.5 Å². The quantitative estimate of drug-likeness (QED) is 0.0703. The van der Waals surface area contributed by atoms with Crippen molar-refractivity contribution in [2.75, 3.05) is 0 Å². The Morgan fingerprint density at radius 1 is 0.366 bits per heavy atom. The zero-order chi connectivity index (χ0) is 30.5. The van der Waals surface area contributed by atoms with E-state index >= 15 is 0 Å². The fourth-order valence-electron chi connectivity index (χ4n) is 5.03. The van der Waals surface area contributed by atoms with Gasteiger partial charge in [0.25, 0.3) is 0 Å². The second-order valence-electron chi connectivity index (χ2n) is 14.6. The normalized spacial score (nSPS) is 11.5. The van der Waals surface area contributed by atoms with Gasteiger partial charge in [0.1, 0.15) is 0 Å². The van der Waals surface area contributed by atoms with E-state index in [-0.39, 0.29) is 32.3 Å². The molecule has 0 heterocycles. The Hall–Kier alpha value is -0.437. The number of carbonyl (C=O) groups is 2. The zero-order valence-corrected chi connectivity index (χ0v) is 31.7. The summed E-state index contributed by atoms with van der Waals surface area (Å²) in [5.41, 5.74) is 0.993. The van der Waals surface area contributed by atoms with Gasteiger partial charge in [0.05, 0.1) is 0 Å². The summed E-state index contributed by atoms with van der Waals surface area (Å²) in [6, 6.07) is 0. The van der Waals surface area contributed by atoms with Crippen molar-refractivity contribution in [1.82, 2.24) is 0 Å². The third-order valence-electron chi connectivity index (χ3n) is 7.62. The van der Waals surface area contributed by atoms with Crippen molar-refractivity contribution in [3.63, 3.8) is 0 Å². The fourth-order valence-corrected chi connectivity index (χ4v) is 5.03. The third-order valence-corrected chi connectivity index (χ3v) is 7.62. The van der Waals surface area contributed by atoms with Crippen LogP contribution in [-0.2, 0) is 29.1 Å². The van der Waals surface area contributed by atoms with Gasteiger partial charge < -0.3 is 19.8 Å². The maximum absolute atomic E-state index is 10.2. The van der Waals surface area contributed by atoms with E-state index in [4.69, 9.17) is 0 Å². The summed E-state index contributed by atoms with van der Waals surface area (Å²) in [7, 11) is 0. The fraction of sp³-hybridized carbons (Fsp3) is 0.944. The standard InChI is InChI=1S/2C18H36O2.Zn/c2*1-18(2,3)16-14-12-10-8-6-4-5-7-9-11-13-15-17(19)20;/h2*4-16H2,1-3H3,(H,19,20);/q;;+2/p-2. The molecule has 0 aromatic rings. The molecule has 240 valence electrons. The summed E-state index contributed by atoms with van der Waals surface area (Å²) in [6.07, 6.45) is 30.8. The summed E-state index contributed by atoms with van der Waals surface area (Å²) < 4.78 is 0. The first-order chi connectivity index (χ1) is 18.8. The molecule has 0 fully saturated rings. The Kier molecular flexibility index (Phi) is 34.0. The molecule has 0 atom stereocenters. The van der Waals surface area contributed by atoms with Gasteiger partial charge in [-0.1, -0.05) is 170 Å². The van der Waals surface area contributed by atoms with Crippen LogP contribution in [0.15, 0.2) is 0 Å². The largest absolute Gasteiger partial charge is 2.00 e. The number of hydrogen-bond donors (Lipinski definition) is 0. The van der Waals surface area contributed by atoms with Crippen LogP contribution in [0.3, 0.4) is 0 Å². The van der Waals surface area contributed by atoms with Crippen molar-refractivity contribution in [3.8, 4) is 0 Å². The van der Waals surface area contributed by atoms with Gasteiger partial charge in [-0.2, -0.15) is 0 Å². The number of unbranched alkanes of at least 4 members (excludes halogenated alkanes) is 20. The summed E-state index contributed by atoms with van der Waals surface area (Å²) in [5, 5.41) is 20.5. The van der Waals surface area contributed by atoms with Crippen molar-refractivity contribution >= 4 is 11.9 Å². The summed E-state index contributed by atoms with van der Waals surface area (Å²) in [4.78, 5) is 20.5. The predicted molar refractivity (Wildman–Crippen MR) is 169 cm³/mol. The van der Waals surface area contributed by atoms with Crippen LogP contribution in [-0.4, -0.2) is 11.9 Å². The van der Waals surface area contributed by atoms with Gasteiger partial charge >= 0.3 is 19.5 Å². The molecule has 0 N–H and O–H groups in total. The molecule has 0 aliphatic rings. The van der Waals surface area contributed by atoms with Crippen molar-refractivity contribution in [3.05, 3.63) is 0 Å². The molecule has 0 saturated carbocycles. The molecule has 0 radical (unpaired) electrons. The average Bonchev–Trinajstić information content (AvgIpc) is 2.83. The van der Waals surface area contributed by atoms with Gasteiger partial charge in [0.2, 0.25) is 0 Å². The number of carbonyl (C=O) groups excluding carboxylic acids is 2. The van der Waals surface area contributed by atoms with Gasteiger partial charge in [-0.05, 0) is 49.4 Å². The number of aliphatic carboxylic acids is 2. The minimum atomic E-state index is -0.906. The third kappa shape index (κ3) is 49.6. The Bertz CT molecular complexity index is 513. The Labute approximate surface area is 269 Å². The molecule has 0 bridgehead atoms. The van der Waals surface area contributed by atoms with E-state index in [9.17, 15) is 19.8 Å². The number of carboxylic acids is 2. The van der Waals surface area contributed by atoms with E-state index in [1.54, 1.807) is 0 Å². The Morgan fingerprint density at radius 2 is 0.537 bits per heavy atom. The van der Waals surface area contributed by atoms with Crippen LogP contribution in [0.1, 0.15) is 208 Å².